The van der Waals surface area contributed by atoms with E-state index in [4.69, 9.17) is 14.2 Å². The Morgan fingerprint density at radius 1 is 0.925 bits per heavy atom. The predicted octanol–water partition coefficient (Wildman–Crippen LogP) is 6.43. The Morgan fingerprint density at radius 3 is 2.30 bits per heavy atom. The molecular formula is C49H51FN8O8S. The Balaban J connectivity index is 0.974. The molecular weight excluding hydrogens is 880 g/mol. The van der Waals surface area contributed by atoms with Crippen molar-refractivity contribution in [2.75, 3.05) is 37.7 Å². The summed E-state index contributed by atoms with van der Waals surface area (Å²) >= 11 is 0. The van der Waals surface area contributed by atoms with Crippen LogP contribution < -0.4 is 16.2 Å². The number of anilines is 1. The first-order valence-electron chi connectivity index (χ1n) is 23.1. The van der Waals surface area contributed by atoms with Crippen LogP contribution in [0.5, 0.6) is 0 Å². The van der Waals surface area contributed by atoms with E-state index in [2.05, 4.69) is 22.3 Å². The number of H-pyrrole nitrogens is 1. The Labute approximate surface area is 385 Å². The molecule has 3 amide bonds. The number of halogens is 1. The molecule has 2 aliphatic carbocycles. The van der Waals surface area contributed by atoms with E-state index in [1.165, 1.54) is 9.47 Å². The summed E-state index contributed by atoms with van der Waals surface area (Å²) < 4.78 is 54.8. The van der Waals surface area contributed by atoms with Crippen LogP contribution in [0.15, 0.2) is 79.7 Å². The number of aromatic nitrogens is 5. The Kier molecular flexibility index (Phi) is 10.2. The first-order chi connectivity index (χ1) is 32.1. The topological polar surface area (TPSA) is 186 Å². The minimum Gasteiger partial charge on any atom is -0.381 e. The third kappa shape index (κ3) is 7.04. The number of rotatable bonds is 10. The summed E-state index contributed by atoms with van der Waals surface area (Å²) in [6.45, 7) is 9.31. The molecule has 3 aromatic heterocycles. The van der Waals surface area contributed by atoms with E-state index < -0.39 is 44.6 Å². The number of ether oxygens (including phenoxy) is 1. The molecule has 6 aromatic rings. The van der Waals surface area contributed by atoms with Crippen LogP contribution >= 0.6 is 0 Å². The van der Waals surface area contributed by atoms with Crippen molar-refractivity contribution in [3.05, 3.63) is 132 Å². The second-order valence-corrected chi connectivity index (χ2v) is 21.2. The number of sulfone groups is 1. The van der Waals surface area contributed by atoms with Gasteiger partial charge in [-0.25, -0.2) is 31.9 Å². The number of aryl methyl sites for hydroxylation is 2. The van der Waals surface area contributed by atoms with Crippen molar-refractivity contribution in [2.45, 2.75) is 100 Å². The quantitative estimate of drug-likeness (QED) is 0.160. The fraction of sp³-hybridized carbons (Fsp3) is 0.429. The number of carbonyl (C=O) groups excluding carboxylic acids is 2. The molecule has 0 radical (unpaired) electrons. The summed E-state index contributed by atoms with van der Waals surface area (Å²) in [7, 11) is -3.38. The maximum atomic E-state index is 15.3. The number of hydrogen-bond acceptors (Lipinski definition) is 10. The van der Waals surface area contributed by atoms with Crippen LogP contribution in [0.4, 0.5) is 15.1 Å². The van der Waals surface area contributed by atoms with Crippen LogP contribution in [-0.4, -0.2) is 92.5 Å². The van der Waals surface area contributed by atoms with Crippen molar-refractivity contribution < 1.29 is 31.7 Å². The van der Waals surface area contributed by atoms with Gasteiger partial charge in [-0.2, -0.15) is 0 Å². The van der Waals surface area contributed by atoms with Gasteiger partial charge >= 0.3 is 11.8 Å². The van der Waals surface area contributed by atoms with Crippen molar-refractivity contribution in [3.8, 4) is 5.69 Å². The number of fused-ring (bicyclic) bond motifs is 2. The number of aromatic amines is 1. The molecule has 6 heterocycles. The number of benzene rings is 3. The van der Waals surface area contributed by atoms with Crippen molar-refractivity contribution in [1.29, 1.82) is 0 Å². The zero-order valence-corrected chi connectivity index (χ0v) is 38.6. The first kappa shape index (κ1) is 43.2. The Hall–Kier alpha value is -6.40. The lowest BCUT2D eigenvalue weighted by atomic mass is 9.91. The minimum absolute atomic E-state index is 0.00750. The van der Waals surface area contributed by atoms with Gasteiger partial charge in [0.25, 0.3) is 11.5 Å². The van der Waals surface area contributed by atoms with Crippen LogP contribution in [0, 0.1) is 25.6 Å². The monoisotopic (exact) mass is 930 g/mol. The summed E-state index contributed by atoms with van der Waals surface area (Å²) in [6.07, 6.45) is 3.86. The highest BCUT2D eigenvalue weighted by Gasteiger charge is 2.59. The molecule has 2 saturated carbocycles. The van der Waals surface area contributed by atoms with Crippen LogP contribution in [-0.2, 0) is 33.1 Å². The smallest absolute Gasteiger partial charge is 0.381 e. The van der Waals surface area contributed by atoms with Crippen molar-refractivity contribution in [3.63, 3.8) is 0 Å². The highest BCUT2D eigenvalue weighted by atomic mass is 32.2. The van der Waals surface area contributed by atoms with E-state index >= 15 is 9.18 Å². The van der Waals surface area contributed by atoms with Crippen LogP contribution in [0.1, 0.15) is 108 Å². The molecule has 18 heteroatoms. The van der Waals surface area contributed by atoms with Gasteiger partial charge in [0.2, 0.25) is 5.95 Å². The van der Waals surface area contributed by atoms with Crippen molar-refractivity contribution >= 4 is 38.6 Å². The van der Waals surface area contributed by atoms with Crippen LogP contribution in [0.2, 0.25) is 0 Å². The largest absolute Gasteiger partial charge is 0.438 e. The fourth-order valence-electron chi connectivity index (χ4n) is 10.8. The molecule has 67 heavy (non-hydrogen) atoms. The standard InChI is InChI=1S/C49H51FN8O8S/c1-27-21-35(22-28(2)41(27)50)57-43(59)38-13-16-55(30(4)42(38)51-46(57)56-18-17-54(48(56)62)26-31-5-8-36(9-6-31)67(63,64)37-10-11-37)44(60)40-24-34-23-33(32-14-19-65-20-15-32)7-12-39(34)58(40)49(25-29(49)3)45-52-47(61)66-53-45/h5-9,12,21-24,29-30,32,37H,10-11,13-20,25-26H2,1-4H3,(H,52,53,61)/t29-,30-,49?/m0/s1. The molecule has 3 atom stereocenters. The van der Waals surface area contributed by atoms with Gasteiger partial charge in [-0.15, -0.1) is 0 Å². The van der Waals surface area contributed by atoms with E-state index in [9.17, 15) is 22.8 Å². The van der Waals surface area contributed by atoms with Gasteiger partial charge in [-0.1, -0.05) is 30.3 Å². The molecule has 0 bridgehead atoms. The molecule has 4 fully saturated rings. The Bertz CT molecular complexity index is 3230. The van der Waals surface area contributed by atoms with Gasteiger partial charge in [-0.05, 0) is 136 Å². The second kappa shape index (κ2) is 15.9. The van der Waals surface area contributed by atoms with Gasteiger partial charge in [0.05, 0.1) is 27.6 Å². The zero-order valence-electron chi connectivity index (χ0n) is 37.8. The molecule has 1 N–H and O–H groups in total. The molecule has 11 rings (SSSR count). The molecule has 348 valence electrons. The van der Waals surface area contributed by atoms with Crippen LogP contribution in [0.3, 0.4) is 0 Å². The highest BCUT2D eigenvalue weighted by Crippen LogP contribution is 2.56. The molecule has 2 saturated heterocycles. The second-order valence-electron chi connectivity index (χ2n) is 19.0. The van der Waals surface area contributed by atoms with Gasteiger partial charge in [0, 0.05) is 55.9 Å². The predicted molar refractivity (Wildman–Crippen MR) is 245 cm³/mol. The SMILES string of the molecule is Cc1cc(-n2c(N3CCN(Cc4ccc(S(=O)(=O)C5CC5)cc4)C3=O)nc3c(c2=O)CCN(C(=O)c2cc4cc(C5CCOCC5)ccc4n2C2(c4noc(=O)[nH]4)C[C@@H]2C)[C@H]3C)cc(C)c1F. The third-order valence-electron chi connectivity index (χ3n) is 14.8. The average molecular weight is 931 g/mol. The van der Waals surface area contributed by atoms with E-state index in [-0.39, 0.29) is 60.5 Å². The molecule has 1 unspecified atom stereocenters. The van der Waals surface area contributed by atoms with Gasteiger partial charge in [-0.3, -0.25) is 24.0 Å². The normalized spacial score (nSPS) is 22.2. The van der Waals surface area contributed by atoms with E-state index in [1.807, 2.05) is 30.5 Å². The maximum absolute atomic E-state index is 15.3. The average Bonchev–Trinajstić information content (AvgIpc) is 4.16. The highest BCUT2D eigenvalue weighted by molar-refractivity contribution is 7.92. The first-order valence-corrected chi connectivity index (χ1v) is 24.6. The van der Waals surface area contributed by atoms with Crippen molar-refractivity contribution in [1.82, 2.24) is 34.1 Å². The van der Waals surface area contributed by atoms with Crippen LogP contribution in [0.25, 0.3) is 16.6 Å². The summed E-state index contributed by atoms with van der Waals surface area (Å²) in [5, 5.41) is 4.67. The third-order valence-corrected chi connectivity index (χ3v) is 17.1. The molecule has 16 nitrogen and oxygen atoms in total. The number of nitrogens with one attached hydrogen (secondary N) is 1. The lowest BCUT2D eigenvalue weighted by Gasteiger charge is -2.36. The Morgan fingerprint density at radius 2 is 1.64 bits per heavy atom. The number of nitrogens with zero attached hydrogens (tertiary/aromatic N) is 7. The van der Waals surface area contributed by atoms with Gasteiger partial charge in [0.1, 0.15) is 17.1 Å². The van der Waals surface area contributed by atoms with Gasteiger partial charge in [0.15, 0.2) is 15.7 Å². The van der Waals surface area contributed by atoms with Crippen molar-refractivity contribution in [2.24, 2.45) is 5.92 Å². The van der Waals surface area contributed by atoms with E-state index in [0.29, 0.717) is 78.0 Å². The summed E-state index contributed by atoms with van der Waals surface area (Å²) in [6, 6.07) is 16.8. The molecule has 3 aromatic carbocycles. The molecule has 3 aliphatic heterocycles. The maximum Gasteiger partial charge on any atom is 0.438 e. The van der Waals surface area contributed by atoms with Gasteiger partial charge < -0.3 is 19.1 Å². The zero-order chi connectivity index (χ0) is 46.7. The number of amides is 3. The lowest BCUT2D eigenvalue weighted by Crippen LogP contribution is -2.45. The lowest BCUT2D eigenvalue weighted by molar-refractivity contribution is 0.0658. The summed E-state index contributed by atoms with van der Waals surface area (Å²) in [4.78, 5) is 70.1. The fourth-order valence-corrected chi connectivity index (χ4v) is 12.4. The summed E-state index contributed by atoms with van der Waals surface area (Å²) in [5.41, 5.74) is 3.56. The number of hydrogen-bond donors (Lipinski definition) is 1. The summed E-state index contributed by atoms with van der Waals surface area (Å²) in [5.74, 6) is -0.705. The number of urea groups is 1. The minimum atomic E-state index is -3.38. The van der Waals surface area contributed by atoms with E-state index in [0.717, 1.165) is 34.9 Å². The van der Waals surface area contributed by atoms with E-state index in [1.54, 1.807) is 60.0 Å². The molecule has 5 aliphatic rings. The number of carbonyl (C=O) groups is 2. The molecule has 0 spiro atoms.